The fourth-order valence-corrected chi connectivity index (χ4v) is 8.94. The highest BCUT2D eigenvalue weighted by Gasteiger charge is 2.51. The quantitative estimate of drug-likeness (QED) is 0.106. The molecule has 0 aliphatic carbocycles. The Morgan fingerprint density at radius 1 is 0.365 bits per heavy atom. The second-order valence-corrected chi connectivity index (χ2v) is 15.7. The van der Waals surface area contributed by atoms with Crippen LogP contribution in [0.2, 0.25) is 0 Å². The summed E-state index contributed by atoms with van der Waals surface area (Å²) < 4.78 is 18.9. The number of aliphatic hydroxyl groups excluding tert-OH is 3. The minimum absolute atomic E-state index is 0.0127. The van der Waals surface area contributed by atoms with Crippen LogP contribution in [-0.4, -0.2) is 94.9 Å². The molecule has 326 valence electrons. The SMILES string of the molecule is Oc1cc(O)c2c(c1)O[C@H](c1ccc(O)c(O)c1)[C@H](O)[C@@H]2c1c(O)cc(O)c2c1O[C@H](c1ccc(O)c(O)c1)[C@H](O)[C@@H]2c1c(O)cc(O)c2c1O[C@@H](c1ccc(O)c(O)c1)[C@@H](O)C2. The summed E-state index contributed by atoms with van der Waals surface area (Å²) in [5.41, 5.74) is -1.10. The molecule has 3 aliphatic heterocycles. The van der Waals surface area contributed by atoms with Gasteiger partial charge in [-0.05, 0) is 53.1 Å². The fourth-order valence-electron chi connectivity index (χ4n) is 8.94. The van der Waals surface area contributed by atoms with E-state index in [1.807, 2.05) is 0 Å². The number of phenols is 12. The lowest BCUT2D eigenvalue weighted by molar-refractivity contribution is -0.00562. The van der Waals surface area contributed by atoms with Gasteiger partial charge in [-0.1, -0.05) is 18.2 Å². The Labute approximate surface area is 354 Å². The summed E-state index contributed by atoms with van der Waals surface area (Å²) in [5, 5.41) is 166. The van der Waals surface area contributed by atoms with Crippen LogP contribution < -0.4 is 14.2 Å². The molecule has 6 aromatic rings. The molecule has 3 aliphatic rings. The van der Waals surface area contributed by atoms with Crippen molar-refractivity contribution in [2.75, 3.05) is 0 Å². The van der Waals surface area contributed by atoms with Crippen LogP contribution in [0.25, 0.3) is 0 Å². The number of rotatable bonds is 5. The van der Waals surface area contributed by atoms with Gasteiger partial charge in [0.15, 0.2) is 46.7 Å². The van der Waals surface area contributed by atoms with E-state index in [1.54, 1.807) is 0 Å². The Bertz CT molecular complexity index is 2840. The number of ether oxygens (including phenoxy) is 3. The van der Waals surface area contributed by atoms with Crippen molar-refractivity contribution in [3.05, 3.63) is 123 Å². The standard InChI is InChI=1S/C45H38O18/c46-18-10-27(54)33-32(11-18)61-42(16-2-5-21(48)25(52)8-16)39(59)37(33)35-29(56)14-30(57)36-38(40(60)43(63-45(35)36)17-3-6-22(49)26(53)9-17)34-28(55)13-23(50)19-12-31(58)41(62-44(19)34)15-1-4-20(47)24(51)7-15/h1-11,13-14,31,37-43,46-60H,12H2/t31-,37-,38+,39+,40+,41-,42+,43+/m0/s1. The van der Waals surface area contributed by atoms with Gasteiger partial charge in [-0.3, -0.25) is 0 Å². The molecule has 0 fully saturated rings. The Morgan fingerprint density at radius 2 is 0.778 bits per heavy atom. The maximum Gasteiger partial charge on any atom is 0.157 e. The summed E-state index contributed by atoms with van der Waals surface area (Å²) in [4.78, 5) is 0. The van der Waals surface area contributed by atoms with E-state index in [0.717, 1.165) is 60.7 Å². The number of hydrogen-bond acceptors (Lipinski definition) is 18. The monoisotopic (exact) mass is 866 g/mol. The highest BCUT2D eigenvalue weighted by molar-refractivity contribution is 5.70. The third-order valence-corrected chi connectivity index (χ3v) is 11.8. The van der Waals surface area contributed by atoms with Gasteiger partial charge in [0.1, 0.15) is 70.1 Å². The molecule has 0 bridgehead atoms. The third-order valence-electron chi connectivity index (χ3n) is 11.8. The Kier molecular flexibility index (Phi) is 9.46. The van der Waals surface area contributed by atoms with E-state index < -0.39 is 123 Å². The lowest BCUT2D eigenvalue weighted by atomic mass is 9.73. The smallest absolute Gasteiger partial charge is 0.157 e. The molecule has 0 unspecified atom stereocenters. The maximum atomic E-state index is 12.5. The second kappa shape index (κ2) is 14.7. The van der Waals surface area contributed by atoms with Gasteiger partial charge in [0.25, 0.3) is 0 Å². The summed E-state index contributed by atoms with van der Waals surface area (Å²) in [6, 6.07) is 14.4. The molecular formula is C45H38O18. The normalized spacial score (nSPS) is 23.6. The van der Waals surface area contributed by atoms with Gasteiger partial charge < -0.3 is 90.8 Å². The molecule has 6 aromatic carbocycles. The summed E-state index contributed by atoms with van der Waals surface area (Å²) in [6.07, 6.45) is -9.93. The van der Waals surface area contributed by atoms with Crippen molar-refractivity contribution >= 4 is 0 Å². The second-order valence-electron chi connectivity index (χ2n) is 15.7. The Morgan fingerprint density at radius 3 is 1.29 bits per heavy atom. The van der Waals surface area contributed by atoms with Crippen molar-refractivity contribution in [3.63, 3.8) is 0 Å². The number of aromatic hydroxyl groups is 12. The van der Waals surface area contributed by atoms with Crippen molar-refractivity contribution in [2.45, 2.75) is 54.9 Å². The highest BCUT2D eigenvalue weighted by Crippen LogP contribution is 2.62. The van der Waals surface area contributed by atoms with Crippen LogP contribution in [0.15, 0.2) is 78.9 Å². The molecule has 15 N–H and O–H groups in total. The molecule has 8 atom stereocenters. The van der Waals surface area contributed by atoms with E-state index in [4.69, 9.17) is 14.2 Å². The van der Waals surface area contributed by atoms with Crippen molar-refractivity contribution in [1.82, 2.24) is 0 Å². The van der Waals surface area contributed by atoms with Crippen LogP contribution in [-0.2, 0) is 6.42 Å². The number of hydrogen-bond donors (Lipinski definition) is 15. The predicted octanol–water partition coefficient (Wildman–Crippen LogP) is 4.44. The van der Waals surface area contributed by atoms with Gasteiger partial charge in [0.05, 0.1) is 17.9 Å². The fraction of sp³-hybridized carbons (Fsp3) is 0.200. The van der Waals surface area contributed by atoms with Gasteiger partial charge in [-0.15, -0.1) is 0 Å². The average Bonchev–Trinajstić information content (AvgIpc) is 3.22. The van der Waals surface area contributed by atoms with E-state index in [-0.39, 0.29) is 62.4 Å². The average molecular weight is 867 g/mol. The summed E-state index contributed by atoms with van der Waals surface area (Å²) >= 11 is 0. The number of phenolic OH excluding ortho intramolecular Hbond substituents is 12. The van der Waals surface area contributed by atoms with Gasteiger partial charge >= 0.3 is 0 Å². The molecule has 9 rings (SSSR count). The van der Waals surface area contributed by atoms with Gasteiger partial charge in [0.2, 0.25) is 0 Å². The number of benzene rings is 6. The van der Waals surface area contributed by atoms with E-state index in [9.17, 15) is 76.6 Å². The van der Waals surface area contributed by atoms with Crippen molar-refractivity contribution in [1.29, 1.82) is 0 Å². The zero-order chi connectivity index (χ0) is 44.9. The summed E-state index contributed by atoms with van der Waals surface area (Å²) in [6.45, 7) is 0. The Balaban J connectivity index is 1.31. The van der Waals surface area contributed by atoms with Crippen LogP contribution in [0.1, 0.15) is 74.7 Å². The van der Waals surface area contributed by atoms with E-state index in [0.29, 0.717) is 0 Å². The first-order valence-corrected chi connectivity index (χ1v) is 19.3. The molecule has 3 heterocycles. The molecule has 0 saturated carbocycles. The van der Waals surface area contributed by atoms with Gasteiger partial charge in [-0.2, -0.15) is 0 Å². The van der Waals surface area contributed by atoms with Crippen LogP contribution in [0.4, 0.5) is 0 Å². The van der Waals surface area contributed by atoms with Gasteiger partial charge in [0, 0.05) is 58.5 Å². The zero-order valence-electron chi connectivity index (χ0n) is 32.3. The predicted molar refractivity (Wildman–Crippen MR) is 214 cm³/mol. The number of fused-ring (bicyclic) bond motifs is 3. The molecule has 18 nitrogen and oxygen atoms in total. The molecular weight excluding hydrogens is 828 g/mol. The molecule has 0 amide bonds. The Hall–Kier alpha value is -7.80. The van der Waals surface area contributed by atoms with Crippen molar-refractivity contribution in [2.24, 2.45) is 0 Å². The first kappa shape index (κ1) is 40.6. The van der Waals surface area contributed by atoms with E-state index in [2.05, 4.69) is 0 Å². The minimum atomic E-state index is -1.90. The maximum absolute atomic E-state index is 12.5. The topological polar surface area (TPSA) is 331 Å². The minimum Gasteiger partial charge on any atom is -0.508 e. The molecule has 18 heteroatoms. The van der Waals surface area contributed by atoms with Gasteiger partial charge in [-0.25, -0.2) is 0 Å². The van der Waals surface area contributed by atoms with Crippen LogP contribution >= 0.6 is 0 Å². The highest BCUT2D eigenvalue weighted by atomic mass is 16.5. The third kappa shape index (κ3) is 6.46. The number of aliphatic hydroxyl groups is 3. The molecule has 0 spiro atoms. The first-order valence-electron chi connectivity index (χ1n) is 19.3. The van der Waals surface area contributed by atoms with Crippen LogP contribution in [0.5, 0.6) is 86.2 Å². The summed E-state index contributed by atoms with van der Waals surface area (Å²) in [7, 11) is 0. The van der Waals surface area contributed by atoms with Crippen molar-refractivity contribution < 1.29 is 90.8 Å². The summed E-state index contributed by atoms with van der Waals surface area (Å²) in [5.74, 6) is -11.5. The molecule has 0 radical (unpaired) electrons. The van der Waals surface area contributed by atoms with Crippen LogP contribution in [0, 0.1) is 0 Å². The first-order chi connectivity index (χ1) is 29.9. The molecule has 63 heavy (non-hydrogen) atoms. The molecule has 0 saturated heterocycles. The lowest BCUT2D eigenvalue weighted by Crippen LogP contribution is -2.39. The largest absolute Gasteiger partial charge is 0.508 e. The molecule has 0 aromatic heterocycles. The van der Waals surface area contributed by atoms with Crippen LogP contribution in [0.3, 0.4) is 0 Å². The zero-order valence-corrected chi connectivity index (χ0v) is 32.3. The van der Waals surface area contributed by atoms with Crippen molar-refractivity contribution in [3.8, 4) is 86.2 Å². The lowest BCUT2D eigenvalue weighted by Gasteiger charge is -2.43. The van der Waals surface area contributed by atoms with E-state index >= 15 is 0 Å². The van der Waals surface area contributed by atoms with E-state index in [1.165, 1.54) is 18.2 Å².